The molecule has 0 bridgehead atoms. The molecule has 2 aliphatic rings. The van der Waals surface area contributed by atoms with Crippen molar-refractivity contribution >= 4 is 34.0 Å². The number of anilines is 4. The number of aliphatic hydroxyl groups excluding tert-OH is 1. The lowest BCUT2D eigenvalue weighted by Crippen LogP contribution is -2.52. The molecule has 2 aliphatic heterocycles. The molecule has 2 saturated heterocycles. The predicted octanol–water partition coefficient (Wildman–Crippen LogP) is 4.29. The van der Waals surface area contributed by atoms with Crippen molar-refractivity contribution in [2.75, 3.05) is 41.3 Å². The summed E-state index contributed by atoms with van der Waals surface area (Å²) in [5.74, 6) is 1.32. The van der Waals surface area contributed by atoms with Gasteiger partial charge in [-0.2, -0.15) is 15.5 Å². The molecule has 4 heterocycles. The third kappa shape index (κ3) is 4.80. The number of hydrogen-bond donors (Lipinski definition) is 2. The maximum Gasteiger partial charge on any atom is 0.227 e. The van der Waals surface area contributed by atoms with E-state index < -0.39 is 17.7 Å². The van der Waals surface area contributed by atoms with Gasteiger partial charge in [-0.15, -0.1) is 0 Å². The van der Waals surface area contributed by atoms with Crippen LogP contribution in [0.25, 0.3) is 10.8 Å². The first kappa shape index (κ1) is 25.6. The summed E-state index contributed by atoms with van der Waals surface area (Å²) >= 11 is 0. The minimum absolute atomic E-state index is 0.0210. The fourth-order valence-corrected chi connectivity index (χ4v) is 5.26. The molecule has 10 heteroatoms. The van der Waals surface area contributed by atoms with Crippen LogP contribution in [-0.4, -0.2) is 58.0 Å². The van der Waals surface area contributed by atoms with Crippen LogP contribution in [0.2, 0.25) is 0 Å². The molecule has 196 valence electrons. The topological polar surface area (TPSA) is 125 Å². The van der Waals surface area contributed by atoms with Crippen molar-refractivity contribution in [2.45, 2.75) is 44.9 Å². The second-order valence-corrected chi connectivity index (χ2v) is 10.7. The molecular formula is C28H31FN8O. The van der Waals surface area contributed by atoms with Crippen molar-refractivity contribution in [2.24, 2.45) is 11.8 Å². The molecule has 0 radical (unpaired) electrons. The minimum atomic E-state index is -1.73. The first-order valence-corrected chi connectivity index (χ1v) is 12.9. The number of hydrogen-bond acceptors (Lipinski definition) is 9. The lowest BCUT2D eigenvalue weighted by atomic mass is 9.86. The molecule has 0 aliphatic carbocycles. The monoisotopic (exact) mass is 514 g/mol. The fraction of sp³-hybridized carbons (Fsp3) is 0.464. The maximum atomic E-state index is 14.7. The molecule has 9 nitrogen and oxygen atoms in total. The van der Waals surface area contributed by atoms with Crippen molar-refractivity contribution in [1.29, 1.82) is 10.5 Å². The molecule has 2 fully saturated rings. The summed E-state index contributed by atoms with van der Waals surface area (Å²) in [7, 11) is 0. The Bertz CT molecular complexity index is 1410. The van der Waals surface area contributed by atoms with Gasteiger partial charge in [0, 0.05) is 49.0 Å². The third-order valence-corrected chi connectivity index (χ3v) is 7.58. The van der Waals surface area contributed by atoms with E-state index in [1.807, 2.05) is 12.3 Å². The van der Waals surface area contributed by atoms with Crippen LogP contribution in [0.15, 0.2) is 36.7 Å². The number of aromatic nitrogens is 3. The summed E-state index contributed by atoms with van der Waals surface area (Å²) < 4.78 is 14.7. The van der Waals surface area contributed by atoms with Crippen molar-refractivity contribution < 1.29 is 9.50 Å². The van der Waals surface area contributed by atoms with E-state index in [0.29, 0.717) is 49.6 Å². The number of pyridine rings is 1. The number of fused-ring (bicyclic) bond motifs is 1. The lowest BCUT2D eigenvalue weighted by molar-refractivity contribution is -0.00860. The Kier molecular flexibility index (Phi) is 6.77. The second kappa shape index (κ2) is 10.0. The van der Waals surface area contributed by atoms with E-state index >= 15 is 0 Å². The van der Waals surface area contributed by atoms with Crippen LogP contribution in [0.4, 0.5) is 27.7 Å². The molecule has 2 N–H and O–H groups in total. The Balaban J connectivity index is 1.40. The number of nitriles is 2. The number of nitrogens with one attached hydrogen (secondary N) is 1. The van der Waals surface area contributed by atoms with Crippen LogP contribution >= 0.6 is 0 Å². The molecule has 3 aromatic rings. The number of piperidine rings is 1. The second-order valence-electron chi connectivity index (χ2n) is 10.7. The summed E-state index contributed by atoms with van der Waals surface area (Å²) in [6.07, 6.45) is 2.79. The van der Waals surface area contributed by atoms with E-state index in [2.05, 4.69) is 63.3 Å². The fourth-order valence-electron chi connectivity index (χ4n) is 5.26. The van der Waals surface area contributed by atoms with Crippen LogP contribution in [0.3, 0.4) is 0 Å². The van der Waals surface area contributed by atoms with Gasteiger partial charge in [-0.25, -0.2) is 14.4 Å². The summed E-state index contributed by atoms with van der Waals surface area (Å²) in [5.41, 5.74) is 0.507. The zero-order valence-corrected chi connectivity index (χ0v) is 21.8. The Labute approximate surface area is 221 Å². The van der Waals surface area contributed by atoms with Crippen molar-refractivity contribution in [3.05, 3.63) is 42.2 Å². The first-order chi connectivity index (χ1) is 18.2. The van der Waals surface area contributed by atoms with Crippen molar-refractivity contribution in [3.63, 3.8) is 0 Å². The number of rotatable bonds is 6. The molecule has 0 saturated carbocycles. The summed E-state index contributed by atoms with van der Waals surface area (Å²) in [4.78, 5) is 17.5. The van der Waals surface area contributed by atoms with Gasteiger partial charge in [0.2, 0.25) is 5.95 Å². The van der Waals surface area contributed by atoms with E-state index in [-0.39, 0.29) is 12.5 Å². The van der Waals surface area contributed by atoms with E-state index in [4.69, 9.17) is 0 Å². The Morgan fingerprint density at radius 3 is 2.55 bits per heavy atom. The molecule has 0 unspecified atom stereocenters. The summed E-state index contributed by atoms with van der Waals surface area (Å²) in [6, 6.07) is 12.2. The Morgan fingerprint density at radius 2 is 1.87 bits per heavy atom. The summed E-state index contributed by atoms with van der Waals surface area (Å²) in [6.45, 7) is 7.52. The molecule has 38 heavy (non-hydrogen) atoms. The van der Waals surface area contributed by atoms with Gasteiger partial charge in [0.25, 0.3) is 0 Å². The SMILES string of the molecule is CC(C)c1ccc(N2CC(C(C#N)C#N)C2)c2cnc(Nc3ccnc(N4CC[C@@H](O)[C@@](C)(F)C4)n3)cc12. The molecule has 0 amide bonds. The van der Waals surface area contributed by atoms with Crippen LogP contribution in [0, 0.1) is 34.5 Å². The van der Waals surface area contributed by atoms with E-state index in [1.165, 1.54) is 12.5 Å². The summed E-state index contributed by atoms with van der Waals surface area (Å²) in [5, 5.41) is 33.7. The molecule has 2 atom stereocenters. The zero-order chi connectivity index (χ0) is 27.0. The highest BCUT2D eigenvalue weighted by Gasteiger charge is 2.40. The smallest absolute Gasteiger partial charge is 0.227 e. The average Bonchev–Trinajstić information content (AvgIpc) is 2.87. The van der Waals surface area contributed by atoms with Crippen molar-refractivity contribution in [1.82, 2.24) is 15.0 Å². The number of benzene rings is 1. The highest BCUT2D eigenvalue weighted by molar-refractivity contribution is 5.98. The Hall–Kier alpha value is -4.02. The van der Waals surface area contributed by atoms with E-state index in [1.54, 1.807) is 17.2 Å². The predicted molar refractivity (Wildman–Crippen MR) is 144 cm³/mol. The zero-order valence-electron chi connectivity index (χ0n) is 21.8. The van der Waals surface area contributed by atoms with E-state index in [9.17, 15) is 20.0 Å². The molecule has 1 aromatic carbocycles. The van der Waals surface area contributed by atoms with Gasteiger partial charge >= 0.3 is 0 Å². The third-order valence-electron chi connectivity index (χ3n) is 7.58. The van der Waals surface area contributed by atoms with Crippen LogP contribution in [0.5, 0.6) is 0 Å². The van der Waals surface area contributed by atoms with Gasteiger partial charge < -0.3 is 20.2 Å². The molecule has 5 rings (SSSR count). The van der Waals surface area contributed by atoms with Crippen LogP contribution in [-0.2, 0) is 0 Å². The van der Waals surface area contributed by atoms with Crippen molar-refractivity contribution in [3.8, 4) is 12.1 Å². The Morgan fingerprint density at radius 1 is 1.11 bits per heavy atom. The molecule has 2 aromatic heterocycles. The number of alkyl halides is 1. The van der Waals surface area contributed by atoms with Crippen LogP contribution < -0.4 is 15.1 Å². The van der Waals surface area contributed by atoms with Gasteiger partial charge in [0.1, 0.15) is 17.6 Å². The normalized spacial score (nSPS) is 21.9. The van der Waals surface area contributed by atoms with Gasteiger partial charge in [-0.05, 0) is 48.4 Å². The lowest BCUT2D eigenvalue weighted by Gasteiger charge is -2.42. The number of halogens is 1. The number of aliphatic hydroxyl groups is 1. The number of nitrogens with zero attached hydrogens (tertiary/aromatic N) is 7. The maximum absolute atomic E-state index is 14.7. The average molecular weight is 515 g/mol. The van der Waals surface area contributed by atoms with Gasteiger partial charge in [0.15, 0.2) is 5.67 Å². The standard InChI is InChI=1S/C28H31FN8O/c1-17(2)20-4-5-23(37-14-19(15-37)18(11-30)12-31)22-13-33-26(10-21(20)22)34-25-6-8-32-27(35-25)36-9-7-24(38)28(3,29)16-36/h4-6,8,10,13,17-19,24,38H,7,9,14-16H2,1-3H3,(H,32,33,34,35)/t24-,28+/m1/s1. The largest absolute Gasteiger partial charge is 0.390 e. The highest BCUT2D eigenvalue weighted by Crippen LogP contribution is 2.38. The van der Waals surface area contributed by atoms with Crippen LogP contribution in [0.1, 0.15) is 38.7 Å². The molecular weight excluding hydrogens is 483 g/mol. The molecule has 0 spiro atoms. The van der Waals surface area contributed by atoms with Gasteiger partial charge in [-0.3, -0.25) is 0 Å². The minimum Gasteiger partial charge on any atom is -0.390 e. The van der Waals surface area contributed by atoms with Gasteiger partial charge in [-0.1, -0.05) is 19.9 Å². The quantitative estimate of drug-likeness (QED) is 0.495. The van der Waals surface area contributed by atoms with E-state index in [0.717, 1.165) is 16.5 Å². The first-order valence-electron chi connectivity index (χ1n) is 12.9. The highest BCUT2D eigenvalue weighted by atomic mass is 19.1. The van der Waals surface area contributed by atoms with Gasteiger partial charge in [0.05, 0.1) is 24.8 Å².